The van der Waals surface area contributed by atoms with E-state index in [4.69, 9.17) is 4.74 Å². The summed E-state index contributed by atoms with van der Waals surface area (Å²) in [6, 6.07) is 0.653. The van der Waals surface area contributed by atoms with E-state index in [0.717, 1.165) is 25.7 Å². The fourth-order valence-electron chi connectivity index (χ4n) is 2.69. The minimum Gasteiger partial charge on any atom is -0.394 e. The molecule has 17 heavy (non-hydrogen) atoms. The molecule has 2 rings (SSSR count). The Morgan fingerprint density at radius 1 is 1.35 bits per heavy atom. The Morgan fingerprint density at radius 3 is 2.59 bits per heavy atom. The number of aliphatic hydroxyl groups is 1. The van der Waals surface area contributed by atoms with Crippen molar-refractivity contribution in [2.24, 2.45) is 0 Å². The maximum absolute atomic E-state index is 9.65. The van der Waals surface area contributed by atoms with Gasteiger partial charge in [0.2, 0.25) is 0 Å². The lowest BCUT2D eigenvalue weighted by molar-refractivity contribution is -0.0735. The number of nitrogens with one attached hydrogen (secondary N) is 1. The lowest BCUT2D eigenvalue weighted by Crippen LogP contribution is -2.48. The Kier molecular flexibility index (Phi) is 3.81. The van der Waals surface area contributed by atoms with Gasteiger partial charge in [0.25, 0.3) is 0 Å². The molecule has 0 radical (unpaired) electrons. The van der Waals surface area contributed by atoms with Crippen LogP contribution in [0.4, 0.5) is 0 Å². The molecule has 2 N–H and O–H groups in total. The average molecular weight is 241 g/mol. The Bertz CT molecular complexity index is 263. The quantitative estimate of drug-likeness (QED) is 0.749. The third kappa shape index (κ3) is 3.43. The molecular formula is C14H27NO2. The maximum atomic E-state index is 9.65. The zero-order chi connectivity index (χ0) is 12.5. The second-order valence-electron chi connectivity index (χ2n) is 6.45. The number of rotatable bonds is 6. The van der Waals surface area contributed by atoms with Crippen molar-refractivity contribution in [1.29, 1.82) is 0 Å². The summed E-state index contributed by atoms with van der Waals surface area (Å²) in [5.41, 5.74) is -0.0918. The highest BCUT2D eigenvalue weighted by molar-refractivity contribution is 5.01. The van der Waals surface area contributed by atoms with Crippen molar-refractivity contribution in [2.45, 2.75) is 82.6 Å². The normalized spacial score (nSPS) is 34.2. The van der Waals surface area contributed by atoms with E-state index < -0.39 is 0 Å². The van der Waals surface area contributed by atoms with Gasteiger partial charge in [-0.15, -0.1) is 0 Å². The van der Waals surface area contributed by atoms with Crippen molar-refractivity contribution in [3.8, 4) is 0 Å². The van der Waals surface area contributed by atoms with Crippen molar-refractivity contribution in [2.75, 3.05) is 6.61 Å². The largest absolute Gasteiger partial charge is 0.394 e. The van der Waals surface area contributed by atoms with Crippen molar-refractivity contribution in [3.63, 3.8) is 0 Å². The van der Waals surface area contributed by atoms with Crippen molar-refractivity contribution in [3.05, 3.63) is 0 Å². The predicted octanol–water partition coefficient (Wildman–Crippen LogP) is 2.23. The highest BCUT2D eigenvalue weighted by atomic mass is 16.5. The van der Waals surface area contributed by atoms with Crippen LogP contribution in [0.3, 0.4) is 0 Å². The molecule has 3 nitrogen and oxygen atoms in total. The van der Waals surface area contributed by atoms with Crippen molar-refractivity contribution >= 4 is 0 Å². The Morgan fingerprint density at radius 2 is 2.06 bits per heavy atom. The molecule has 0 amide bonds. The summed E-state index contributed by atoms with van der Waals surface area (Å²) in [5.74, 6) is 0. The van der Waals surface area contributed by atoms with Gasteiger partial charge in [0, 0.05) is 11.6 Å². The monoisotopic (exact) mass is 241 g/mol. The average Bonchev–Trinajstić information content (AvgIpc) is 3.00. The summed E-state index contributed by atoms with van der Waals surface area (Å²) in [6.45, 7) is 6.72. The van der Waals surface area contributed by atoms with E-state index in [-0.39, 0.29) is 17.7 Å². The standard InChI is InChI=1S/C14H27NO2/c1-4-13(2,3)17-12-7-8-14(9-12,10-16)15-11-5-6-11/h11-12,15-16H,4-10H2,1-3H3. The molecule has 0 bridgehead atoms. The molecular weight excluding hydrogens is 214 g/mol. The second-order valence-corrected chi connectivity index (χ2v) is 6.45. The molecule has 2 unspecified atom stereocenters. The molecule has 0 spiro atoms. The molecule has 100 valence electrons. The predicted molar refractivity (Wildman–Crippen MR) is 69.1 cm³/mol. The van der Waals surface area contributed by atoms with Crippen LogP contribution in [0.25, 0.3) is 0 Å². The van der Waals surface area contributed by atoms with Gasteiger partial charge >= 0.3 is 0 Å². The van der Waals surface area contributed by atoms with E-state index in [9.17, 15) is 5.11 Å². The fourth-order valence-corrected chi connectivity index (χ4v) is 2.69. The lowest BCUT2D eigenvalue weighted by Gasteiger charge is -2.31. The number of ether oxygens (including phenoxy) is 1. The summed E-state index contributed by atoms with van der Waals surface area (Å²) in [5, 5.41) is 13.3. The fraction of sp³-hybridized carbons (Fsp3) is 1.00. The minimum atomic E-state index is -0.0599. The summed E-state index contributed by atoms with van der Waals surface area (Å²) in [6.07, 6.45) is 6.97. The molecule has 0 heterocycles. The third-order valence-electron chi connectivity index (χ3n) is 4.29. The first kappa shape index (κ1) is 13.3. The first-order valence-electron chi connectivity index (χ1n) is 7.05. The second kappa shape index (κ2) is 4.87. The van der Waals surface area contributed by atoms with Gasteiger partial charge in [-0.1, -0.05) is 6.92 Å². The van der Waals surface area contributed by atoms with Crippen LogP contribution < -0.4 is 5.32 Å². The van der Waals surface area contributed by atoms with Crippen molar-refractivity contribution in [1.82, 2.24) is 5.32 Å². The van der Waals surface area contributed by atoms with Crippen LogP contribution in [0.5, 0.6) is 0 Å². The van der Waals surface area contributed by atoms with Gasteiger partial charge in [-0.25, -0.2) is 0 Å². The van der Waals surface area contributed by atoms with Crippen LogP contribution in [0.2, 0.25) is 0 Å². The van der Waals surface area contributed by atoms with Gasteiger partial charge in [-0.2, -0.15) is 0 Å². The van der Waals surface area contributed by atoms with Crippen LogP contribution in [-0.4, -0.2) is 35.0 Å². The molecule has 0 aromatic carbocycles. The molecule has 2 fully saturated rings. The molecule has 0 aliphatic heterocycles. The zero-order valence-electron chi connectivity index (χ0n) is 11.5. The summed E-state index contributed by atoms with van der Waals surface area (Å²) >= 11 is 0. The highest BCUT2D eigenvalue weighted by Gasteiger charge is 2.43. The van der Waals surface area contributed by atoms with Gasteiger partial charge in [0.05, 0.1) is 18.3 Å². The van der Waals surface area contributed by atoms with E-state index in [1.54, 1.807) is 0 Å². The minimum absolute atomic E-state index is 0.0320. The molecule has 0 aromatic heterocycles. The first-order chi connectivity index (χ1) is 7.99. The SMILES string of the molecule is CCC(C)(C)OC1CCC(CO)(NC2CC2)C1. The van der Waals surface area contributed by atoms with Crippen LogP contribution in [0.15, 0.2) is 0 Å². The van der Waals surface area contributed by atoms with Crippen LogP contribution >= 0.6 is 0 Å². The first-order valence-corrected chi connectivity index (χ1v) is 7.05. The molecule has 2 aliphatic rings. The number of aliphatic hydroxyl groups excluding tert-OH is 1. The van der Waals surface area contributed by atoms with Gasteiger partial charge in [-0.05, 0) is 52.4 Å². The molecule has 0 saturated heterocycles. The van der Waals surface area contributed by atoms with E-state index in [1.807, 2.05) is 0 Å². The summed E-state index contributed by atoms with van der Waals surface area (Å²) in [7, 11) is 0. The lowest BCUT2D eigenvalue weighted by atomic mass is 9.98. The highest BCUT2D eigenvalue weighted by Crippen LogP contribution is 2.37. The summed E-state index contributed by atoms with van der Waals surface area (Å²) in [4.78, 5) is 0. The van der Waals surface area contributed by atoms with Gasteiger partial charge in [0.1, 0.15) is 0 Å². The van der Waals surface area contributed by atoms with E-state index in [1.165, 1.54) is 12.8 Å². The van der Waals surface area contributed by atoms with Gasteiger partial charge in [0.15, 0.2) is 0 Å². The van der Waals surface area contributed by atoms with Crippen LogP contribution in [-0.2, 0) is 4.74 Å². The third-order valence-corrected chi connectivity index (χ3v) is 4.29. The molecule has 2 atom stereocenters. The zero-order valence-corrected chi connectivity index (χ0v) is 11.5. The van der Waals surface area contributed by atoms with E-state index >= 15 is 0 Å². The van der Waals surface area contributed by atoms with E-state index in [0.29, 0.717) is 12.1 Å². The van der Waals surface area contributed by atoms with Crippen LogP contribution in [0.1, 0.15) is 59.3 Å². The Hall–Kier alpha value is -0.120. The van der Waals surface area contributed by atoms with Crippen LogP contribution in [0, 0.1) is 0 Å². The number of hydrogen-bond acceptors (Lipinski definition) is 3. The topological polar surface area (TPSA) is 41.5 Å². The smallest absolute Gasteiger partial charge is 0.0627 e. The summed E-state index contributed by atoms with van der Waals surface area (Å²) < 4.78 is 6.16. The molecule has 0 aromatic rings. The van der Waals surface area contributed by atoms with Gasteiger partial charge < -0.3 is 15.2 Å². The number of hydrogen-bond donors (Lipinski definition) is 2. The Labute approximate surface area is 105 Å². The molecule has 3 heteroatoms. The van der Waals surface area contributed by atoms with E-state index in [2.05, 4.69) is 26.1 Å². The van der Waals surface area contributed by atoms with Crippen molar-refractivity contribution < 1.29 is 9.84 Å². The van der Waals surface area contributed by atoms with Gasteiger partial charge in [-0.3, -0.25) is 0 Å². The molecule has 2 saturated carbocycles. The maximum Gasteiger partial charge on any atom is 0.0627 e. The Balaban J connectivity index is 1.88. The molecule has 2 aliphatic carbocycles.